The van der Waals surface area contributed by atoms with Gasteiger partial charge in [0.1, 0.15) is 5.75 Å². The van der Waals surface area contributed by atoms with Gasteiger partial charge in [-0.05, 0) is 55.5 Å². The fourth-order valence-corrected chi connectivity index (χ4v) is 3.22. The molecule has 0 saturated carbocycles. The van der Waals surface area contributed by atoms with Gasteiger partial charge in [-0.3, -0.25) is 0 Å². The lowest BCUT2D eigenvalue weighted by Gasteiger charge is -2.21. The molecule has 0 aliphatic heterocycles. The number of nitrogens with one attached hydrogen (secondary N) is 1. The zero-order valence-electron chi connectivity index (χ0n) is 13.0. The van der Waals surface area contributed by atoms with Crippen molar-refractivity contribution in [3.05, 3.63) is 64.7 Å². The Bertz CT molecular complexity index is 635. The molecule has 0 fully saturated rings. The summed E-state index contributed by atoms with van der Waals surface area (Å²) in [5, 5.41) is 3.77. The van der Waals surface area contributed by atoms with Crippen LogP contribution in [0.4, 0.5) is 0 Å². The van der Waals surface area contributed by atoms with Gasteiger partial charge in [0.2, 0.25) is 0 Å². The molecule has 0 saturated heterocycles. The summed E-state index contributed by atoms with van der Waals surface area (Å²) in [5.74, 6) is 0.950. The number of hydrogen-bond donors (Lipinski definition) is 1. The minimum absolute atomic E-state index is 0.354. The van der Waals surface area contributed by atoms with E-state index in [1.54, 1.807) is 7.11 Å². The fraction of sp³-hybridized carbons (Fsp3) is 0.368. The second-order valence-corrected chi connectivity index (χ2v) is 5.96. The molecule has 21 heavy (non-hydrogen) atoms. The van der Waals surface area contributed by atoms with E-state index in [1.165, 1.54) is 28.7 Å². The predicted molar refractivity (Wildman–Crippen MR) is 86.8 cm³/mol. The van der Waals surface area contributed by atoms with E-state index in [0.717, 1.165) is 12.2 Å². The summed E-state index contributed by atoms with van der Waals surface area (Å²) in [7, 11) is 1.73. The van der Waals surface area contributed by atoms with Crippen molar-refractivity contribution in [3.8, 4) is 5.75 Å². The predicted octanol–water partition coefficient (Wildman–Crippen LogP) is 4.34. The first-order chi connectivity index (χ1) is 10.2. The average molecular weight is 281 g/mol. The molecule has 3 rings (SSSR count). The Morgan fingerprint density at radius 1 is 1.19 bits per heavy atom. The number of methoxy groups -OCH3 is 1. The van der Waals surface area contributed by atoms with Crippen molar-refractivity contribution in [1.29, 1.82) is 0 Å². The Labute approximate surface area is 127 Å². The van der Waals surface area contributed by atoms with Crippen LogP contribution < -0.4 is 10.1 Å². The zero-order valence-corrected chi connectivity index (χ0v) is 13.0. The molecule has 0 amide bonds. The molecular formula is C19H23NO. The molecule has 1 aliphatic carbocycles. The largest absolute Gasteiger partial charge is 0.497 e. The first kappa shape index (κ1) is 14.2. The minimum Gasteiger partial charge on any atom is -0.497 e. The van der Waals surface area contributed by atoms with E-state index in [-0.39, 0.29) is 0 Å². The van der Waals surface area contributed by atoms with E-state index in [1.807, 2.05) is 0 Å². The van der Waals surface area contributed by atoms with Crippen molar-refractivity contribution in [1.82, 2.24) is 5.32 Å². The van der Waals surface area contributed by atoms with Crippen molar-refractivity contribution in [3.63, 3.8) is 0 Å². The summed E-state index contributed by atoms with van der Waals surface area (Å²) < 4.78 is 5.37. The molecular weight excluding hydrogens is 258 g/mol. The molecule has 0 spiro atoms. The van der Waals surface area contributed by atoms with Crippen molar-refractivity contribution < 1.29 is 4.74 Å². The molecule has 2 nitrogen and oxygen atoms in total. The van der Waals surface area contributed by atoms with E-state index in [4.69, 9.17) is 4.74 Å². The summed E-state index contributed by atoms with van der Waals surface area (Å²) in [4.78, 5) is 0. The first-order valence-corrected chi connectivity index (χ1v) is 7.67. The van der Waals surface area contributed by atoms with Crippen LogP contribution in [-0.4, -0.2) is 7.11 Å². The Morgan fingerprint density at radius 3 is 2.81 bits per heavy atom. The molecule has 1 unspecified atom stereocenters. The van der Waals surface area contributed by atoms with Crippen LogP contribution in [0.3, 0.4) is 0 Å². The highest BCUT2D eigenvalue weighted by Crippen LogP contribution is 2.35. The highest BCUT2D eigenvalue weighted by molar-refractivity contribution is 5.41. The normalized spacial score (nSPS) is 18.3. The molecule has 2 atom stereocenters. The van der Waals surface area contributed by atoms with Crippen LogP contribution in [0.2, 0.25) is 0 Å². The van der Waals surface area contributed by atoms with Crippen molar-refractivity contribution in [2.24, 2.45) is 0 Å². The smallest absolute Gasteiger partial charge is 0.119 e. The Balaban J connectivity index is 1.78. The maximum Gasteiger partial charge on any atom is 0.119 e. The number of fused-ring (bicyclic) bond motifs is 1. The Morgan fingerprint density at radius 2 is 2.05 bits per heavy atom. The number of benzene rings is 2. The zero-order chi connectivity index (χ0) is 14.8. The summed E-state index contributed by atoms with van der Waals surface area (Å²) in [6.07, 6.45) is 2.32. The second-order valence-electron chi connectivity index (χ2n) is 5.96. The van der Waals surface area contributed by atoms with Gasteiger partial charge >= 0.3 is 0 Å². The third kappa shape index (κ3) is 2.96. The highest BCUT2D eigenvalue weighted by Gasteiger charge is 2.24. The monoisotopic (exact) mass is 281 g/mol. The SMILES string of the molecule is COc1ccc2c(c1)C(N[C@H](C)c1cccc(C)c1)CC2. The molecule has 110 valence electrons. The highest BCUT2D eigenvalue weighted by atomic mass is 16.5. The number of aryl methyl sites for hydroxylation is 2. The van der Waals surface area contributed by atoms with Crippen molar-refractivity contribution in [2.45, 2.75) is 38.8 Å². The van der Waals surface area contributed by atoms with Gasteiger partial charge in [-0.2, -0.15) is 0 Å². The molecule has 1 N–H and O–H groups in total. The third-order valence-corrected chi connectivity index (χ3v) is 4.42. The topological polar surface area (TPSA) is 21.3 Å². The third-order valence-electron chi connectivity index (χ3n) is 4.42. The lowest BCUT2D eigenvalue weighted by Crippen LogP contribution is -2.23. The molecule has 2 aromatic carbocycles. The van der Waals surface area contributed by atoms with Crippen LogP contribution in [-0.2, 0) is 6.42 Å². The summed E-state index contributed by atoms with van der Waals surface area (Å²) in [6.45, 7) is 4.39. The Hall–Kier alpha value is -1.80. The van der Waals surface area contributed by atoms with E-state index >= 15 is 0 Å². The summed E-state index contributed by atoms with van der Waals surface area (Å²) in [5.41, 5.74) is 5.51. The molecule has 1 aliphatic rings. The van der Waals surface area contributed by atoms with Gasteiger partial charge in [0.05, 0.1) is 7.11 Å². The minimum atomic E-state index is 0.354. The lowest BCUT2D eigenvalue weighted by atomic mass is 10.0. The molecule has 2 heteroatoms. The number of rotatable bonds is 4. The molecule has 2 aromatic rings. The molecule has 0 bridgehead atoms. The van der Waals surface area contributed by atoms with Gasteiger partial charge in [-0.25, -0.2) is 0 Å². The van der Waals surface area contributed by atoms with Gasteiger partial charge in [0, 0.05) is 12.1 Å². The number of ether oxygens (including phenoxy) is 1. The summed E-state index contributed by atoms with van der Waals surface area (Å²) in [6, 6.07) is 16.0. The Kier molecular flexibility index (Phi) is 3.98. The van der Waals surface area contributed by atoms with Gasteiger partial charge in [0.15, 0.2) is 0 Å². The van der Waals surface area contributed by atoms with Crippen molar-refractivity contribution >= 4 is 0 Å². The molecule has 0 aromatic heterocycles. The lowest BCUT2D eigenvalue weighted by molar-refractivity contribution is 0.412. The quantitative estimate of drug-likeness (QED) is 0.900. The maximum atomic E-state index is 5.37. The van der Waals surface area contributed by atoms with Crippen LogP contribution in [0.15, 0.2) is 42.5 Å². The van der Waals surface area contributed by atoms with E-state index in [9.17, 15) is 0 Å². The first-order valence-electron chi connectivity index (χ1n) is 7.67. The average Bonchev–Trinajstić information content (AvgIpc) is 2.89. The fourth-order valence-electron chi connectivity index (χ4n) is 3.22. The molecule has 0 heterocycles. The van der Waals surface area contributed by atoms with E-state index in [0.29, 0.717) is 12.1 Å². The maximum absolute atomic E-state index is 5.37. The van der Waals surface area contributed by atoms with Crippen LogP contribution in [0.25, 0.3) is 0 Å². The standard InChI is InChI=1S/C19H23NO/c1-13-5-4-6-16(11-13)14(2)20-19-10-8-15-7-9-17(21-3)12-18(15)19/h4-7,9,11-12,14,19-20H,8,10H2,1-3H3/t14-,19?/m1/s1. The van der Waals surface area contributed by atoms with Crippen LogP contribution >= 0.6 is 0 Å². The van der Waals surface area contributed by atoms with Crippen LogP contribution in [0.5, 0.6) is 5.75 Å². The van der Waals surface area contributed by atoms with Gasteiger partial charge in [-0.15, -0.1) is 0 Å². The van der Waals surface area contributed by atoms with Gasteiger partial charge in [0.25, 0.3) is 0 Å². The van der Waals surface area contributed by atoms with Gasteiger partial charge < -0.3 is 10.1 Å². The van der Waals surface area contributed by atoms with Crippen LogP contribution in [0.1, 0.15) is 47.7 Å². The van der Waals surface area contributed by atoms with E-state index < -0.39 is 0 Å². The van der Waals surface area contributed by atoms with Gasteiger partial charge in [-0.1, -0.05) is 35.9 Å². The van der Waals surface area contributed by atoms with E-state index in [2.05, 4.69) is 61.6 Å². The second kappa shape index (κ2) is 5.90. The molecule has 0 radical (unpaired) electrons. The van der Waals surface area contributed by atoms with Crippen LogP contribution in [0, 0.1) is 6.92 Å². The number of hydrogen-bond acceptors (Lipinski definition) is 2. The summed E-state index contributed by atoms with van der Waals surface area (Å²) >= 11 is 0. The van der Waals surface area contributed by atoms with Crippen molar-refractivity contribution in [2.75, 3.05) is 7.11 Å².